The monoisotopic (exact) mass is 222 g/mol. The summed E-state index contributed by atoms with van der Waals surface area (Å²) in [7, 11) is 1.86. The fourth-order valence-corrected chi connectivity index (χ4v) is 2.69. The normalized spacial score (nSPS) is 19.6. The van der Waals surface area contributed by atoms with E-state index in [2.05, 4.69) is 22.8 Å². The predicted molar refractivity (Wildman–Crippen MR) is 63.4 cm³/mol. The molecule has 1 aromatic carbocycles. The molecule has 15 heavy (non-hydrogen) atoms. The number of anilines is 1. The maximum absolute atomic E-state index is 11.7. The van der Waals surface area contributed by atoms with Crippen LogP contribution in [-0.2, 0) is 4.79 Å². The number of nitrogens with one attached hydrogen (secondary N) is 2. The number of aryl methyl sites for hydroxylation is 1. The SMILES string of the molecule is CNCC1Sc2ccc(C)cc2NC1=O. The lowest BCUT2D eigenvalue weighted by Crippen LogP contribution is -2.36. The van der Waals surface area contributed by atoms with Gasteiger partial charge in [0.05, 0.1) is 5.69 Å². The highest BCUT2D eigenvalue weighted by Crippen LogP contribution is 2.35. The summed E-state index contributed by atoms with van der Waals surface area (Å²) in [4.78, 5) is 12.8. The molecule has 1 unspecified atom stereocenters. The largest absolute Gasteiger partial charge is 0.324 e. The second-order valence-electron chi connectivity index (χ2n) is 3.65. The quantitative estimate of drug-likeness (QED) is 0.799. The first-order valence-electron chi connectivity index (χ1n) is 4.93. The van der Waals surface area contributed by atoms with Crippen LogP contribution in [0.5, 0.6) is 0 Å². The highest BCUT2D eigenvalue weighted by Gasteiger charge is 2.25. The van der Waals surface area contributed by atoms with Crippen molar-refractivity contribution < 1.29 is 4.79 Å². The summed E-state index contributed by atoms with van der Waals surface area (Å²) in [6.45, 7) is 2.72. The van der Waals surface area contributed by atoms with Gasteiger partial charge < -0.3 is 10.6 Å². The number of thioether (sulfide) groups is 1. The lowest BCUT2D eigenvalue weighted by molar-refractivity contribution is -0.115. The minimum absolute atomic E-state index is 0.0230. The van der Waals surface area contributed by atoms with E-state index in [9.17, 15) is 4.79 Å². The van der Waals surface area contributed by atoms with E-state index in [1.807, 2.05) is 20.0 Å². The number of hydrogen-bond acceptors (Lipinski definition) is 3. The first-order valence-corrected chi connectivity index (χ1v) is 5.81. The number of benzene rings is 1. The van der Waals surface area contributed by atoms with Crippen molar-refractivity contribution in [3.8, 4) is 0 Å². The maximum atomic E-state index is 11.7. The molecule has 1 heterocycles. The summed E-state index contributed by atoms with van der Waals surface area (Å²) >= 11 is 1.62. The molecule has 2 N–H and O–H groups in total. The Hall–Kier alpha value is -1.00. The average molecular weight is 222 g/mol. The highest BCUT2D eigenvalue weighted by atomic mass is 32.2. The Balaban J connectivity index is 2.26. The summed E-state index contributed by atoms with van der Waals surface area (Å²) in [5, 5.41) is 5.94. The Labute approximate surface area is 93.6 Å². The van der Waals surface area contributed by atoms with Crippen LogP contribution >= 0.6 is 11.8 Å². The molecule has 0 aliphatic carbocycles. The summed E-state index contributed by atoms with van der Waals surface area (Å²) in [6, 6.07) is 6.15. The van der Waals surface area contributed by atoms with Gasteiger partial charge >= 0.3 is 0 Å². The highest BCUT2D eigenvalue weighted by molar-refractivity contribution is 8.01. The van der Waals surface area contributed by atoms with Crippen molar-refractivity contribution in [2.45, 2.75) is 17.1 Å². The fourth-order valence-electron chi connectivity index (χ4n) is 1.58. The van der Waals surface area contributed by atoms with Crippen LogP contribution in [0.25, 0.3) is 0 Å². The molecule has 0 aromatic heterocycles. The Bertz CT molecular complexity index is 392. The molecule has 0 saturated heterocycles. The van der Waals surface area contributed by atoms with Crippen LogP contribution in [0.3, 0.4) is 0 Å². The smallest absolute Gasteiger partial charge is 0.239 e. The topological polar surface area (TPSA) is 41.1 Å². The Morgan fingerprint density at radius 1 is 1.53 bits per heavy atom. The van der Waals surface area contributed by atoms with E-state index in [0.717, 1.165) is 10.6 Å². The molecule has 3 nitrogen and oxygen atoms in total. The molecular formula is C11H14N2OS. The van der Waals surface area contributed by atoms with Crippen LogP contribution in [0.15, 0.2) is 23.1 Å². The van der Waals surface area contributed by atoms with Crippen LogP contribution in [0.1, 0.15) is 5.56 Å². The van der Waals surface area contributed by atoms with Gasteiger partial charge in [-0.25, -0.2) is 0 Å². The van der Waals surface area contributed by atoms with E-state index in [0.29, 0.717) is 6.54 Å². The van der Waals surface area contributed by atoms with Crippen molar-refractivity contribution in [1.29, 1.82) is 0 Å². The third kappa shape index (κ3) is 2.16. The summed E-state index contributed by atoms with van der Waals surface area (Å²) in [5.74, 6) is 0.0902. The van der Waals surface area contributed by atoms with Gasteiger partial charge in [-0.3, -0.25) is 4.79 Å². The summed E-state index contributed by atoms with van der Waals surface area (Å²) < 4.78 is 0. The van der Waals surface area contributed by atoms with Crippen molar-refractivity contribution in [3.63, 3.8) is 0 Å². The van der Waals surface area contributed by atoms with Crippen molar-refractivity contribution in [2.24, 2.45) is 0 Å². The number of fused-ring (bicyclic) bond motifs is 1. The molecule has 0 bridgehead atoms. The van der Waals surface area contributed by atoms with Crippen LogP contribution in [0, 0.1) is 6.92 Å². The molecular weight excluding hydrogens is 208 g/mol. The lowest BCUT2D eigenvalue weighted by Gasteiger charge is -2.24. The van der Waals surface area contributed by atoms with E-state index in [-0.39, 0.29) is 11.2 Å². The number of amides is 1. The zero-order valence-electron chi connectivity index (χ0n) is 8.83. The van der Waals surface area contributed by atoms with Crippen LogP contribution < -0.4 is 10.6 Å². The van der Waals surface area contributed by atoms with Crippen molar-refractivity contribution in [3.05, 3.63) is 23.8 Å². The molecule has 0 radical (unpaired) electrons. The lowest BCUT2D eigenvalue weighted by atomic mass is 10.2. The number of rotatable bonds is 2. The molecule has 1 aliphatic heterocycles. The Morgan fingerprint density at radius 2 is 2.33 bits per heavy atom. The van der Waals surface area contributed by atoms with Gasteiger partial charge in [0.15, 0.2) is 0 Å². The first kappa shape index (κ1) is 10.5. The molecule has 0 spiro atoms. The van der Waals surface area contributed by atoms with E-state index in [1.54, 1.807) is 11.8 Å². The molecule has 1 aromatic rings. The zero-order valence-corrected chi connectivity index (χ0v) is 9.65. The Kier molecular flexibility index (Phi) is 2.98. The van der Waals surface area contributed by atoms with Gasteiger partial charge in [-0.2, -0.15) is 0 Å². The van der Waals surface area contributed by atoms with Gasteiger partial charge in [0.2, 0.25) is 5.91 Å². The number of hydrogen-bond donors (Lipinski definition) is 2. The molecule has 1 amide bonds. The zero-order chi connectivity index (χ0) is 10.8. The number of carbonyl (C=O) groups is 1. The van der Waals surface area contributed by atoms with E-state index >= 15 is 0 Å². The molecule has 0 fully saturated rings. The molecule has 80 valence electrons. The molecule has 0 saturated carbocycles. The second kappa shape index (κ2) is 4.24. The summed E-state index contributed by atoms with van der Waals surface area (Å²) in [6.07, 6.45) is 0. The second-order valence-corrected chi connectivity index (χ2v) is 4.90. The van der Waals surface area contributed by atoms with Gasteiger partial charge in [-0.05, 0) is 31.7 Å². The van der Waals surface area contributed by atoms with Crippen LogP contribution in [-0.4, -0.2) is 24.7 Å². The van der Waals surface area contributed by atoms with Gasteiger partial charge in [-0.1, -0.05) is 6.07 Å². The molecule has 4 heteroatoms. The third-order valence-electron chi connectivity index (χ3n) is 2.34. The van der Waals surface area contributed by atoms with Crippen molar-refractivity contribution >= 4 is 23.4 Å². The van der Waals surface area contributed by atoms with Crippen molar-refractivity contribution in [2.75, 3.05) is 18.9 Å². The van der Waals surface area contributed by atoms with Gasteiger partial charge in [0.25, 0.3) is 0 Å². The van der Waals surface area contributed by atoms with Crippen molar-refractivity contribution in [1.82, 2.24) is 5.32 Å². The minimum Gasteiger partial charge on any atom is -0.324 e. The number of carbonyl (C=O) groups excluding carboxylic acids is 1. The fraction of sp³-hybridized carbons (Fsp3) is 0.364. The molecule has 1 atom stereocenters. The maximum Gasteiger partial charge on any atom is 0.239 e. The van der Waals surface area contributed by atoms with Gasteiger partial charge in [0, 0.05) is 11.4 Å². The standard InChI is InChI=1S/C11H14N2OS/c1-7-3-4-9-8(5-7)13-11(14)10(15-9)6-12-2/h3-5,10,12H,6H2,1-2H3,(H,13,14). The third-order valence-corrected chi connectivity index (χ3v) is 3.62. The van der Waals surface area contributed by atoms with Gasteiger partial charge in [-0.15, -0.1) is 11.8 Å². The molecule has 1 aliphatic rings. The van der Waals surface area contributed by atoms with E-state index in [4.69, 9.17) is 0 Å². The minimum atomic E-state index is -0.0230. The summed E-state index contributed by atoms with van der Waals surface area (Å²) in [5.41, 5.74) is 2.11. The Morgan fingerprint density at radius 3 is 3.07 bits per heavy atom. The van der Waals surface area contributed by atoms with E-state index in [1.165, 1.54) is 5.56 Å². The predicted octanol–water partition coefficient (Wildman–Crippen LogP) is 1.63. The van der Waals surface area contributed by atoms with Crippen LogP contribution in [0.2, 0.25) is 0 Å². The van der Waals surface area contributed by atoms with Crippen LogP contribution in [0.4, 0.5) is 5.69 Å². The van der Waals surface area contributed by atoms with E-state index < -0.39 is 0 Å². The molecule has 2 rings (SSSR count). The first-order chi connectivity index (χ1) is 7.20. The van der Waals surface area contributed by atoms with Gasteiger partial charge in [0.1, 0.15) is 5.25 Å². The average Bonchev–Trinajstić information content (AvgIpc) is 2.20.